The first-order valence-corrected chi connectivity index (χ1v) is 7.79. The van der Waals surface area contributed by atoms with Crippen LogP contribution < -0.4 is 10.1 Å². The number of nitrogens with one attached hydrogen (secondary N) is 1. The van der Waals surface area contributed by atoms with Crippen LogP contribution in [-0.2, 0) is 4.74 Å². The van der Waals surface area contributed by atoms with Gasteiger partial charge in [-0.3, -0.25) is 0 Å². The standard InChI is InChI=1S/C17H26FNO3/c1-17(2,3)22-16-8-13(9-16)19-10-14(20)11-21-15-6-4-12(18)5-7-15/h4-7,13-14,16,19-20H,8-11H2,1-3H3. The Bertz CT molecular complexity index is 452. The first kappa shape index (κ1) is 17.2. The van der Waals surface area contributed by atoms with Crippen LogP contribution in [0.1, 0.15) is 33.6 Å². The number of rotatable bonds is 7. The lowest BCUT2D eigenvalue weighted by atomic mass is 9.88. The van der Waals surface area contributed by atoms with Crippen molar-refractivity contribution in [1.29, 1.82) is 0 Å². The van der Waals surface area contributed by atoms with E-state index in [1.165, 1.54) is 12.1 Å². The molecule has 1 aliphatic rings. The lowest BCUT2D eigenvalue weighted by Crippen LogP contribution is -2.50. The fourth-order valence-electron chi connectivity index (χ4n) is 2.41. The molecule has 4 nitrogen and oxygen atoms in total. The molecular formula is C17H26FNO3. The highest BCUT2D eigenvalue weighted by molar-refractivity contribution is 5.22. The van der Waals surface area contributed by atoms with Crippen molar-refractivity contribution in [3.8, 4) is 5.75 Å². The average molecular weight is 311 g/mol. The number of hydrogen-bond donors (Lipinski definition) is 2. The zero-order valence-corrected chi connectivity index (χ0v) is 13.5. The monoisotopic (exact) mass is 311 g/mol. The molecule has 1 aromatic carbocycles. The van der Waals surface area contributed by atoms with Gasteiger partial charge in [-0.2, -0.15) is 0 Å². The maximum atomic E-state index is 12.7. The second-order valence-electron chi connectivity index (χ2n) is 6.85. The van der Waals surface area contributed by atoms with E-state index in [0.717, 1.165) is 12.8 Å². The highest BCUT2D eigenvalue weighted by Crippen LogP contribution is 2.27. The smallest absolute Gasteiger partial charge is 0.123 e. The summed E-state index contributed by atoms with van der Waals surface area (Å²) in [6, 6.07) is 6.17. The number of halogens is 1. The summed E-state index contributed by atoms with van der Waals surface area (Å²) in [6.45, 7) is 6.85. The predicted molar refractivity (Wildman–Crippen MR) is 83.6 cm³/mol. The maximum absolute atomic E-state index is 12.7. The maximum Gasteiger partial charge on any atom is 0.123 e. The number of hydrogen-bond acceptors (Lipinski definition) is 4. The van der Waals surface area contributed by atoms with Gasteiger partial charge < -0.3 is 19.9 Å². The van der Waals surface area contributed by atoms with Gasteiger partial charge in [0.1, 0.15) is 24.3 Å². The molecule has 1 atom stereocenters. The number of aliphatic hydroxyl groups is 1. The van der Waals surface area contributed by atoms with Crippen LogP contribution in [0, 0.1) is 5.82 Å². The molecule has 1 unspecified atom stereocenters. The predicted octanol–water partition coefficient (Wildman–Crippen LogP) is 2.50. The summed E-state index contributed by atoms with van der Waals surface area (Å²) in [7, 11) is 0. The van der Waals surface area contributed by atoms with Crippen LogP contribution in [0.2, 0.25) is 0 Å². The van der Waals surface area contributed by atoms with E-state index >= 15 is 0 Å². The van der Waals surface area contributed by atoms with Gasteiger partial charge in [0, 0.05) is 12.6 Å². The van der Waals surface area contributed by atoms with Crippen molar-refractivity contribution in [3.63, 3.8) is 0 Å². The van der Waals surface area contributed by atoms with Gasteiger partial charge in [-0.1, -0.05) is 0 Å². The first-order valence-electron chi connectivity index (χ1n) is 7.79. The van der Waals surface area contributed by atoms with E-state index in [1.807, 2.05) is 0 Å². The Kier molecular flexibility index (Phi) is 5.78. The Morgan fingerprint density at radius 1 is 1.27 bits per heavy atom. The van der Waals surface area contributed by atoms with Gasteiger partial charge >= 0.3 is 0 Å². The molecule has 2 rings (SSSR count). The summed E-state index contributed by atoms with van der Waals surface area (Å²) < 4.78 is 24.0. The van der Waals surface area contributed by atoms with Crippen LogP contribution in [0.15, 0.2) is 24.3 Å². The average Bonchev–Trinajstić information content (AvgIpc) is 2.39. The molecule has 0 spiro atoms. The summed E-state index contributed by atoms with van der Waals surface area (Å²) in [4.78, 5) is 0. The van der Waals surface area contributed by atoms with Crippen LogP contribution in [-0.4, -0.2) is 42.1 Å². The third-order valence-electron chi connectivity index (χ3n) is 3.51. The van der Waals surface area contributed by atoms with Crippen LogP contribution >= 0.6 is 0 Å². The van der Waals surface area contributed by atoms with Gasteiger partial charge in [-0.05, 0) is 57.9 Å². The van der Waals surface area contributed by atoms with E-state index in [-0.39, 0.29) is 18.0 Å². The highest BCUT2D eigenvalue weighted by atomic mass is 19.1. The van der Waals surface area contributed by atoms with E-state index in [9.17, 15) is 9.50 Å². The van der Waals surface area contributed by atoms with Crippen molar-refractivity contribution in [3.05, 3.63) is 30.1 Å². The van der Waals surface area contributed by atoms with Crippen molar-refractivity contribution in [2.75, 3.05) is 13.2 Å². The van der Waals surface area contributed by atoms with Gasteiger partial charge in [0.25, 0.3) is 0 Å². The van der Waals surface area contributed by atoms with Gasteiger partial charge in [0.2, 0.25) is 0 Å². The first-order chi connectivity index (χ1) is 10.3. The second-order valence-corrected chi connectivity index (χ2v) is 6.85. The summed E-state index contributed by atoms with van der Waals surface area (Å²) >= 11 is 0. The van der Waals surface area contributed by atoms with Gasteiger partial charge in [0.05, 0.1) is 11.7 Å². The molecule has 0 aliphatic heterocycles. The largest absolute Gasteiger partial charge is 0.491 e. The molecular weight excluding hydrogens is 285 g/mol. The van der Waals surface area contributed by atoms with Crippen molar-refractivity contribution in [2.45, 2.75) is 57.5 Å². The molecule has 22 heavy (non-hydrogen) atoms. The molecule has 1 aromatic rings. The van der Waals surface area contributed by atoms with Crippen LogP contribution in [0.5, 0.6) is 5.75 Å². The summed E-state index contributed by atoms with van der Waals surface area (Å²) in [6.07, 6.45) is 1.67. The zero-order chi connectivity index (χ0) is 16.2. The molecule has 0 amide bonds. The summed E-state index contributed by atoms with van der Waals surface area (Å²) in [5.74, 6) is 0.259. The molecule has 5 heteroatoms. The van der Waals surface area contributed by atoms with Crippen LogP contribution in [0.4, 0.5) is 4.39 Å². The van der Waals surface area contributed by atoms with Crippen molar-refractivity contribution in [2.24, 2.45) is 0 Å². The van der Waals surface area contributed by atoms with E-state index in [2.05, 4.69) is 26.1 Å². The molecule has 1 fully saturated rings. The molecule has 124 valence electrons. The van der Waals surface area contributed by atoms with Crippen molar-refractivity contribution < 1.29 is 19.0 Å². The summed E-state index contributed by atoms with van der Waals surface area (Å²) in [5.41, 5.74) is -0.0991. The molecule has 0 saturated heterocycles. The minimum absolute atomic E-state index is 0.0991. The fraction of sp³-hybridized carbons (Fsp3) is 0.647. The highest BCUT2D eigenvalue weighted by Gasteiger charge is 2.32. The molecule has 0 aromatic heterocycles. The minimum atomic E-state index is -0.590. The normalized spacial score (nSPS) is 23.0. The van der Waals surface area contributed by atoms with Gasteiger partial charge in [-0.25, -0.2) is 4.39 Å². The Balaban J connectivity index is 1.57. The Labute approximate surface area is 131 Å². The number of benzene rings is 1. The van der Waals surface area contributed by atoms with E-state index in [4.69, 9.17) is 9.47 Å². The summed E-state index contributed by atoms with van der Waals surface area (Å²) in [5, 5.41) is 13.2. The molecule has 0 bridgehead atoms. The number of ether oxygens (including phenoxy) is 2. The Morgan fingerprint density at radius 2 is 1.91 bits per heavy atom. The van der Waals surface area contributed by atoms with Crippen LogP contribution in [0.3, 0.4) is 0 Å². The lowest BCUT2D eigenvalue weighted by Gasteiger charge is -2.40. The minimum Gasteiger partial charge on any atom is -0.491 e. The van der Waals surface area contributed by atoms with E-state index < -0.39 is 6.10 Å². The molecule has 1 aliphatic carbocycles. The molecule has 0 heterocycles. The SMILES string of the molecule is CC(C)(C)OC1CC(NCC(O)COc2ccc(F)cc2)C1. The second kappa shape index (κ2) is 7.40. The quantitative estimate of drug-likeness (QED) is 0.812. The third-order valence-corrected chi connectivity index (χ3v) is 3.51. The topological polar surface area (TPSA) is 50.7 Å². The molecule has 2 N–H and O–H groups in total. The lowest BCUT2D eigenvalue weighted by molar-refractivity contribution is -0.103. The molecule has 1 saturated carbocycles. The Hall–Kier alpha value is -1.17. The van der Waals surface area contributed by atoms with Crippen LogP contribution in [0.25, 0.3) is 0 Å². The fourth-order valence-corrected chi connectivity index (χ4v) is 2.41. The Morgan fingerprint density at radius 3 is 2.50 bits per heavy atom. The van der Waals surface area contributed by atoms with Crippen molar-refractivity contribution >= 4 is 0 Å². The van der Waals surface area contributed by atoms with Gasteiger partial charge in [0.15, 0.2) is 0 Å². The zero-order valence-electron chi connectivity index (χ0n) is 13.5. The third kappa shape index (κ3) is 5.91. The molecule has 0 radical (unpaired) electrons. The van der Waals surface area contributed by atoms with Gasteiger partial charge in [-0.15, -0.1) is 0 Å². The van der Waals surface area contributed by atoms with Crippen molar-refractivity contribution in [1.82, 2.24) is 5.32 Å². The van der Waals surface area contributed by atoms with E-state index in [0.29, 0.717) is 24.4 Å². The van der Waals surface area contributed by atoms with E-state index in [1.54, 1.807) is 12.1 Å². The number of aliphatic hydroxyl groups excluding tert-OH is 1.